The normalized spacial score (nSPS) is 9.44. The fourth-order valence-electron chi connectivity index (χ4n) is 1.19. The van der Waals surface area contributed by atoms with Crippen molar-refractivity contribution in [2.75, 3.05) is 12.3 Å². The van der Waals surface area contributed by atoms with Gasteiger partial charge in [-0.1, -0.05) is 0 Å². The van der Waals surface area contributed by atoms with E-state index in [-0.39, 0.29) is 12.3 Å². The van der Waals surface area contributed by atoms with E-state index < -0.39 is 0 Å². The highest BCUT2D eigenvalue weighted by atomic mass is 16.1. The van der Waals surface area contributed by atoms with Crippen molar-refractivity contribution in [1.82, 2.24) is 10.3 Å². The lowest BCUT2D eigenvalue weighted by Crippen LogP contribution is -2.26. The van der Waals surface area contributed by atoms with E-state index in [1.807, 2.05) is 0 Å². The van der Waals surface area contributed by atoms with Crippen molar-refractivity contribution in [3.05, 3.63) is 24.0 Å². The number of aromatic nitrogens is 1. The van der Waals surface area contributed by atoms with Gasteiger partial charge in [0.2, 0.25) is 5.91 Å². The van der Waals surface area contributed by atoms with Crippen LogP contribution in [-0.2, 0) is 11.2 Å². The molecule has 0 radical (unpaired) electrons. The number of hydrogen-bond donors (Lipinski definition) is 2. The van der Waals surface area contributed by atoms with E-state index in [1.165, 1.54) is 0 Å². The number of nitrogen functional groups attached to an aromatic ring is 1. The van der Waals surface area contributed by atoms with Crippen LogP contribution in [-0.4, -0.2) is 17.4 Å². The van der Waals surface area contributed by atoms with Gasteiger partial charge in [0.15, 0.2) is 0 Å². The van der Waals surface area contributed by atoms with Crippen LogP contribution < -0.4 is 11.1 Å². The fraction of sp³-hybridized carbons (Fsp3) is 0.333. The van der Waals surface area contributed by atoms with Crippen molar-refractivity contribution >= 4 is 11.6 Å². The molecule has 0 aliphatic rings. The summed E-state index contributed by atoms with van der Waals surface area (Å²) >= 11 is 0. The Hall–Kier alpha value is -2.02. The molecule has 0 bridgehead atoms. The minimum Gasteiger partial charge on any atom is -0.397 e. The number of terminal acetylenes is 1. The molecule has 4 nitrogen and oxygen atoms in total. The lowest BCUT2D eigenvalue weighted by atomic mass is 10.2. The van der Waals surface area contributed by atoms with Gasteiger partial charge < -0.3 is 11.1 Å². The molecule has 0 saturated carbocycles. The first-order chi connectivity index (χ1) is 7.72. The summed E-state index contributed by atoms with van der Waals surface area (Å²) < 4.78 is 0. The Kier molecular flexibility index (Phi) is 4.87. The molecule has 3 N–H and O–H groups in total. The van der Waals surface area contributed by atoms with Crippen molar-refractivity contribution in [3.8, 4) is 12.3 Å². The maximum atomic E-state index is 11.4. The van der Waals surface area contributed by atoms with Gasteiger partial charge in [-0.05, 0) is 18.6 Å². The largest absolute Gasteiger partial charge is 0.397 e. The fourth-order valence-corrected chi connectivity index (χ4v) is 1.19. The van der Waals surface area contributed by atoms with E-state index in [2.05, 4.69) is 16.2 Å². The predicted octanol–water partition coefficient (Wildman–Crippen LogP) is 0.736. The number of carbonyl (C=O) groups is 1. The smallest absolute Gasteiger partial charge is 0.226 e. The van der Waals surface area contributed by atoms with Crippen molar-refractivity contribution in [2.24, 2.45) is 0 Å². The molecule has 0 atom stereocenters. The molecule has 1 amide bonds. The third-order valence-electron chi connectivity index (χ3n) is 2.01. The molecular formula is C12H15N3O. The number of amides is 1. The number of unbranched alkanes of at least 4 members (excludes halogenated alkanes) is 1. The quantitative estimate of drug-likeness (QED) is 0.564. The maximum absolute atomic E-state index is 11.4. The maximum Gasteiger partial charge on any atom is 0.226 e. The molecule has 84 valence electrons. The summed E-state index contributed by atoms with van der Waals surface area (Å²) in [5.41, 5.74) is 6.80. The molecule has 1 rings (SSSR count). The molecule has 0 saturated heterocycles. The molecule has 0 unspecified atom stereocenters. The molecule has 1 aromatic heterocycles. The van der Waals surface area contributed by atoms with Crippen LogP contribution in [0.25, 0.3) is 0 Å². The van der Waals surface area contributed by atoms with E-state index >= 15 is 0 Å². The van der Waals surface area contributed by atoms with E-state index in [0.29, 0.717) is 24.3 Å². The second kappa shape index (κ2) is 6.46. The summed E-state index contributed by atoms with van der Waals surface area (Å²) in [5, 5.41) is 2.77. The first kappa shape index (κ1) is 12.1. The molecule has 4 heteroatoms. The zero-order chi connectivity index (χ0) is 11.8. The summed E-state index contributed by atoms with van der Waals surface area (Å²) in [6, 6.07) is 3.48. The third kappa shape index (κ3) is 4.47. The summed E-state index contributed by atoms with van der Waals surface area (Å²) in [4.78, 5) is 15.5. The van der Waals surface area contributed by atoms with Crippen molar-refractivity contribution in [2.45, 2.75) is 19.3 Å². The van der Waals surface area contributed by atoms with E-state index in [4.69, 9.17) is 12.2 Å². The summed E-state index contributed by atoms with van der Waals surface area (Å²) in [5.74, 6) is 2.47. The Morgan fingerprint density at radius 3 is 3.00 bits per heavy atom. The van der Waals surface area contributed by atoms with Gasteiger partial charge in [0.05, 0.1) is 18.3 Å². The van der Waals surface area contributed by atoms with Crippen LogP contribution >= 0.6 is 0 Å². The topological polar surface area (TPSA) is 68.0 Å². The molecule has 0 aliphatic heterocycles. The van der Waals surface area contributed by atoms with Gasteiger partial charge in [-0.15, -0.1) is 12.3 Å². The number of nitrogens with zero attached hydrogens (tertiary/aromatic N) is 1. The summed E-state index contributed by atoms with van der Waals surface area (Å²) in [6.07, 6.45) is 8.40. The summed E-state index contributed by atoms with van der Waals surface area (Å²) in [7, 11) is 0. The van der Waals surface area contributed by atoms with Gasteiger partial charge in [0, 0.05) is 18.7 Å². The lowest BCUT2D eigenvalue weighted by Gasteiger charge is -2.03. The number of pyridine rings is 1. The average molecular weight is 217 g/mol. The zero-order valence-corrected chi connectivity index (χ0v) is 9.07. The Morgan fingerprint density at radius 1 is 1.56 bits per heavy atom. The standard InChI is InChI=1S/C12H15N3O/c1-2-3-4-7-14-12(16)8-11-6-5-10(13)9-15-11/h1,5-6,9H,3-4,7-8,13H2,(H,14,16). The molecule has 0 aromatic carbocycles. The van der Waals surface area contributed by atoms with Gasteiger partial charge in [-0.2, -0.15) is 0 Å². The van der Waals surface area contributed by atoms with E-state index in [1.54, 1.807) is 18.3 Å². The van der Waals surface area contributed by atoms with Crippen molar-refractivity contribution in [3.63, 3.8) is 0 Å². The second-order valence-corrected chi connectivity index (χ2v) is 3.42. The second-order valence-electron chi connectivity index (χ2n) is 3.42. The number of anilines is 1. The highest BCUT2D eigenvalue weighted by molar-refractivity contribution is 5.78. The average Bonchev–Trinajstić information content (AvgIpc) is 2.28. The molecular weight excluding hydrogens is 202 g/mol. The zero-order valence-electron chi connectivity index (χ0n) is 9.07. The first-order valence-electron chi connectivity index (χ1n) is 5.13. The van der Waals surface area contributed by atoms with Gasteiger partial charge in [0.25, 0.3) is 0 Å². The van der Waals surface area contributed by atoms with Gasteiger partial charge in [0.1, 0.15) is 0 Å². The SMILES string of the molecule is C#CCCCNC(=O)Cc1ccc(N)cn1. The Morgan fingerprint density at radius 2 is 2.38 bits per heavy atom. The lowest BCUT2D eigenvalue weighted by molar-refractivity contribution is -0.120. The van der Waals surface area contributed by atoms with Crippen molar-refractivity contribution < 1.29 is 4.79 Å². The van der Waals surface area contributed by atoms with E-state index in [9.17, 15) is 4.79 Å². The van der Waals surface area contributed by atoms with Crippen LogP contribution in [0, 0.1) is 12.3 Å². The predicted molar refractivity (Wildman–Crippen MR) is 63.4 cm³/mol. The van der Waals surface area contributed by atoms with Gasteiger partial charge >= 0.3 is 0 Å². The van der Waals surface area contributed by atoms with Crippen LogP contribution in [0.1, 0.15) is 18.5 Å². The molecule has 0 fully saturated rings. The molecule has 16 heavy (non-hydrogen) atoms. The minimum absolute atomic E-state index is 0.0470. The number of rotatable bonds is 5. The number of hydrogen-bond acceptors (Lipinski definition) is 3. The monoisotopic (exact) mass is 217 g/mol. The van der Waals surface area contributed by atoms with Crippen molar-refractivity contribution in [1.29, 1.82) is 0 Å². The van der Waals surface area contributed by atoms with Crippen LogP contribution in [0.3, 0.4) is 0 Å². The highest BCUT2D eigenvalue weighted by Gasteiger charge is 2.03. The highest BCUT2D eigenvalue weighted by Crippen LogP contribution is 2.01. The molecule has 1 heterocycles. The number of nitrogens with one attached hydrogen (secondary N) is 1. The third-order valence-corrected chi connectivity index (χ3v) is 2.01. The summed E-state index contributed by atoms with van der Waals surface area (Å²) in [6.45, 7) is 0.609. The minimum atomic E-state index is -0.0470. The Bertz CT molecular complexity index is 378. The molecule has 0 spiro atoms. The molecule has 1 aromatic rings. The van der Waals surface area contributed by atoms with Crippen LogP contribution in [0.4, 0.5) is 5.69 Å². The Labute approximate surface area is 95.3 Å². The number of nitrogens with two attached hydrogens (primary N) is 1. The number of carbonyl (C=O) groups excluding carboxylic acids is 1. The van der Waals surface area contributed by atoms with E-state index in [0.717, 1.165) is 6.42 Å². The van der Waals surface area contributed by atoms with Crippen LogP contribution in [0.2, 0.25) is 0 Å². The van der Waals surface area contributed by atoms with Gasteiger partial charge in [-0.3, -0.25) is 9.78 Å². The Balaban J connectivity index is 2.29. The van der Waals surface area contributed by atoms with Gasteiger partial charge in [-0.25, -0.2) is 0 Å². The van der Waals surface area contributed by atoms with Crippen LogP contribution in [0.5, 0.6) is 0 Å². The first-order valence-corrected chi connectivity index (χ1v) is 5.13. The molecule has 0 aliphatic carbocycles. The van der Waals surface area contributed by atoms with Crippen LogP contribution in [0.15, 0.2) is 18.3 Å².